The molecule has 2 saturated carbocycles. The molecule has 2 amide bonds. The van der Waals surface area contributed by atoms with Crippen molar-refractivity contribution in [3.8, 4) is 17.0 Å². The highest BCUT2D eigenvalue weighted by atomic mass is 16.5. The number of fused-ring (bicyclic) bond motifs is 1. The molecule has 0 atom stereocenters. The number of nitrogens with zero attached hydrogens (tertiary/aromatic N) is 1. The van der Waals surface area contributed by atoms with Crippen LogP contribution in [0.2, 0.25) is 0 Å². The molecule has 9 nitrogen and oxygen atoms in total. The Balaban J connectivity index is 1.24. The van der Waals surface area contributed by atoms with E-state index >= 15 is 0 Å². The molecule has 0 bridgehead atoms. The number of aromatic nitrogens is 1. The Morgan fingerprint density at radius 2 is 1.89 bits per heavy atom. The molecule has 6 rings (SSSR count). The van der Waals surface area contributed by atoms with Crippen LogP contribution in [0.4, 0.5) is 5.69 Å². The van der Waals surface area contributed by atoms with Crippen LogP contribution in [0.15, 0.2) is 65.5 Å². The van der Waals surface area contributed by atoms with Crippen LogP contribution in [0.25, 0.3) is 28.2 Å². The van der Waals surface area contributed by atoms with Crippen LogP contribution < -0.4 is 15.4 Å². The van der Waals surface area contributed by atoms with Gasteiger partial charge in [-0.1, -0.05) is 25.8 Å². The first-order chi connectivity index (χ1) is 21.8. The molecule has 2 aromatic heterocycles. The highest BCUT2D eigenvalue weighted by molar-refractivity contribution is 6.06. The molecule has 2 fully saturated rings. The van der Waals surface area contributed by atoms with Crippen LogP contribution in [0, 0.1) is 0 Å². The Labute approximate surface area is 262 Å². The summed E-state index contributed by atoms with van der Waals surface area (Å²) in [6, 6.07) is 12.9. The highest BCUT2D eigenvalue weighted by Gasteiger charge is 2.45. The van der Waals surface area contributed by atoms with E-state index in [9.17, 15) is 14.4 Å². The van der Waals surface area contributed by atoms with Crippen LogP contribution >= 0.6 is 0 Å². The predicted octanol–water partition coefficient (Wildman–Crippen LogP) is 7.27. The fourth-order valence-electron chi connectivity index (χ4n) is 6.71. The van der Waals surface area contributed by atoms with Crippen molar-refractivity contribution < 1.29 is 28.6 Å². The van der Waals surface area contributed by atoms with Crippen molar-refractivity contribution in [3.05, 3.63) is 77.8 Å². The zero-order chi connectivity index (χ0) is 31.6. The third-order valence-electron chi connectivity index (χ3n) is 9.19. The first-order valence-corrected chi connectivity index (χ1v) is 15.8. The van der Waals surface area contributed by atoms with Crippen molar-refractivity contribution >= 4 is 40.4 Å². The molecule has 4 aromatic rings. The number of ether oxygens (including phenoxy) is 1. The minimum Gasteiger partial charge on any atom is -0.493 e. The summed E-state index contributed by atoms with van der Waals surface area (Å²) in [6.07, 6.45) is 13.4. The summed E-state index contributed by atoms with van der Waals surface area (Å²) in [5.74, 6) is -0.698. The topological polar surface area (TPSA) is 123 Å². The molecule has 0 spiro atoms. The molecule has 0 saturated heterocycles. The number of aryl methyl sites for hydroxylation is 1. The molecule has 2 heterocycles. The number of carboxylic acids is 1. The molecule has 234 valence electrons. The third kappa shape index (κ3) is 5.99. The summed E-state index contributed by atoms with van der Waals surface area (Å²) in [4.78, 5) is 38.4. The van der Waals surface area contributed by atoms with E-state index < -0.39 is 11.5 Å². The second-order valence-electron chi connectivity index (χ2n) is 12.2. The monoisotopic (exact) mass is 609 g/mol. The number of anilines is 1. The fourth-order valence-corrected chi connectivity index (χ4v) is 6.71. The van der Waals surface area contributed by atoms with Gasteiger partial charge in [0.05, 0.1) is 24.8 Å². The molecule has 9 heteroatoms. The number of nitrogens with one attached hydrogen (secondary N) is 2. The Hall–Kier alpha value is -4.79. The van der Waals surface area contributed by atoms with E-state index in [1.54, 1.807) is 30.7 Å². The summed E-state index contributed by atoms with van der Waals surface area (Å²) >= 11 is 0. The van der Waals surface area contributed by atoms with Gasteiger partial charge in [0.25, 0.3) is 5.91 Å². The average Bonchev–Trinajstić information content (AvgIpc) is 3.78. The molecule has 0 aliphatic heterocycles. The van der Waals surface area contributed by atoms with E-state index in [1.807, 2.05) is 38.2 Å². The van der Waals surface area contributed by atoms with Gasteiger partial charge in [0.15, 0.2) is 0 Å². The second-order valence-corrected chi connectivity index (χ2v) is 12.2. The van der Waals surface area contributed by atoms with Crippen LogP contribution in [-0.2, 0) is 16.6 Å². The maximum atomic E-state index is 13.7. The summed E-state index contributed by atoms with van der Waals surface area (Å²) in [7, 11) is 2.03. The zero-order valence-corrected chi connectivity index (χ0v) is 25.7. The summed E-state index contributed by atoms with van der Waals surface area (Å²) in [6.45, 7) is 2.42. The van der Waals surface area contributed by atoms with E-state index in [1.165, 1.54) is 24.5 Å². The van der Waals surface area contributed by atoms with E-state index in [0.717, 1.165) is 53.9 Å². The first-order valence-electron chi connectivity index (χ1n) is 15.8. The number of hydrogen-bond acceptors (Lipinski definition) is 5. The molecule has 2 aliphatic carbocycles. The Morgan fingerprint density at radius 1 is 1.09 bits per heavy atom. The van der Waals surface area contributed by atoms with Gasteiger partial charge in [0.1, 0.15) is 11.3 Å². The molecular weight excluding hydrogens is 570 g/mol. The Morgan fingerprint density at radius 3 is 2.56 bits per heavy atom. The van der Waals surface area contributed by atoms with Crippen molar-refractivity contribution in [2.75, 3.05) is 11.9 Å². The second kappa shape index (κ2) is 12.7. The van der Waals surface area contributed by atoms with Gasteiger partial charge in [0, 0.05) is 52.5 Å². The van der Waals surface area contributed by atoms with Gasteiger partial charge < -0.3 is 29.5 Å². The molecule has 0 radical (unpaired) electrons. The lowest BCUT2D eigenvalue weighted by atomic mass is 9.75. The lowest BCUT2D eigenvalue weighted by Crippen LogP contribution is -2.61. The summed E-state index contributed by atoms with van der Waals surface area (Å²) in [5.41, 5.74) is 5.04. The van der Waals surface area contributed by atoms with Gasteiger partial charge in [-0.15, -0.1) is 0 Å². The Bertz CT molecular complexity index is 1760. The molecule has 2 aromatic carbocycles. The minimum absolute atomic E-state index is 0.289. The molecule has 2 aliphatic rings. The van der Waals surface area contributed by atoms with Crippen molar-refractivity contribution in [1.82, 2.24) is 9.88 Å². The molecule has 0 unspecified atom stereocenters. The standard InChI is InChI=1S/C36H39N3O6/c1-3-18-45-30-21-27(12-9-23(30)11-14-31(40)41)37-35(43)36(16-6-17-36)38-34(42)25-10-13-28-29(20-25)39(2)33(26-15-19-44-22-26)32(28)24-7-4-5-8-24/h9-15,19-22,24H,3-8,16-18H2,1-2H3,(H,37,43)(H,38,42)(H,40,41)/b14-11+. The number of aliphatic carboxylic acids is 1. The van der Waals surface area contributed by atoms with E-state index in [4.69, 9.17) is 14.3 Å². The van der Waals surface area contributed by atoms with Crippen molar-refractivity contribution in [2.45, 2.75) is 69.7 Å². The molecular formula is C36H39N3O6. The third-order valence-corrected chi connectivity index (χ3v) is 9.19. The quantitative estimate of drug-likeness (QED) is 0.154. The van der Waals surface area contributed by atoms with Crippen molar-refractivity contribution in [3.63, 3.8) is 0 Å². The normalized spacial score (nSPS) is 16.1. The lowest BCUT2D eigenvalue weighted by molar-refractivity contribution is -0.131. The smallest absolute Gasteiger partial charge is 0.328 e. The SMILES string of the molecule is CCCOc1cc(NC(=O)C2(NC(=O)c3ccc4c(C5CCCC5)c(-c5ccoc5)n(C)c4c3)CCC2)ccc1/C=C/C(=O)O. The number of rotatable bonds is 11. The number of carboxylic acid groups (broad SMARTS) is 1. The Kier molecular flexibility index (Phi) is 8.52. The highest BCUT2D eigenvalue weighted by Crippen LogP contribution is 2.45. The van der Waals surface area contributed by atoms with Crippen LogP contribution in [0.1, 0.15) is 85.7 Å². The maximum Gasteiger partial charge on any atom is 0.328 e. The molecule has 45 heavy (non-hydrogen) atoms. The van der Waals surface area contributed by atoms with E-state index in [2.05, 4.69) is 15.2 Å². The van der Waals surface area contributed by atoms with Crippen LogP contribution in [-0.4, -0.2) is 39.6 Å². The van der Waals surface area contributed by atoms with Gasteiger partial charge in [-0.3, -0.25) is 9.59 Å². The maximum absolute atomic E-state index is 13.7. The van der Waals surface area contributed by atoms with Crippen LogP contribution in [0.5, 0.6) is 5.75 Å². The van der Waals surface area contributed by atoms with Crippen molar-refractivity contribution in [2.24, 2.45) is 7.05 Å². The minimum atomic E-state index is -1.06. The number of benzene rings is 2. The van der Waals surface area contributed by atoms with Gasteiger partial charge >= 0.3 is 5.97 Å². The zero-order valence-electron chi connectivity index (χ0n) is 25.7. The number of hydrogen-bond donors (Lipinski definition) is 3. The van der Waals surface area contributed by atoms with E-state index in [0.29, 0.717) is 47.9 Å². The number of furan rings is 1. The number of carbonyl (C=O) groups excluding carboxylic acids is 2. The fraction of sp³-hybridized carbons (Fsp3) is 0.361. The van der Waals surface area contributed by atoms with Gasteiger partial charge in [-0.2, -0.15) is 0 Å². The van der Waals surface area contributed by atoms with Gasteiger partial charge in [-0.05, 0) is 86.4 Å². The molecule has 3 N–H and O–H groups in total. The first kappa shape index (κ1) is 30.2. The van der Waals surface area contributed by atoms with Gasteiger partial charge in [0.2, 0.25) is 5.91 Å². The van der Waals surface area contributed by atoms with Crippen LogP contribution in [0.3, 0.4) is 0 Å². The predicted molar refractivity (Wildman–Crippen MR) is 173 cm³/mol. The van der Waals surface area contributed by atoms with E-state index in [-0.39, 0.29) is 11.8 Å². The largest absolute Gasteiger partial charge is 0.493 e. The summed E-state index contributed by atoms with van der Waals surface area (Å²) in [5, 5.41) is 16.2. The summed E-state index contributed by atoms with van der Waals surface area (Å²) < 4.78 is 13.4. The lowest BCUT2D eigenvalue weighted by Gasteiger charge is -2.40. The number of amides is 2. The average molecular weight is 610 g/mol. The van der Waals surface area contributed by atoms with Gasteiger partial charge in [-0.25, -0.2) is 4.79 Å². The van der Waals surface area contributed by atoms with Crippen molar-refractivity contribution in [1.29, 1.82) is 0 Å². The number of carbonyl (C=O) groups is 3.